The van der Waals surface area contributed by atoms with Crippen molar-refractivity contribution < 1.29 is 13.2 Å². The highest BCUT2D eigenvalue weighted by molar-refractivity contribution is 5.79. The van der Waals surface area contributed by atoms with Gasteiger partial charge < -0.3 is 4.85 Å². The highest BCUT2D eigenvalue weighted by Crippen LogP contribution is 2.33. The van der Waals surface area contributed by atoms with E-state index in [4.69, 9.17) is 6.57 Å². The van der Waals surface area contributed by atoms with E-state index in [-0.39, 0.29) is 5.69 Å². The van der Waals surface area contributed by atoms with Gasteiger partial charge in [-0.15, -0.1) is 0 Å². The minimum Gasteiger partial charge on any atom is -0.362 e. The van der Waals surface area contributed by atoms with Crippen molar-refractivity contribution in [1.82, 2.24) is 19.4 Å². The molecule has 0 aliphatic heterocycles. The minimum atomic E-state index is -4.54. The zero-order chi connectivity index (χ0) is 19.0. The van der Waals surface area contributed by atoms with Gasteiger partial charge in [-0.1, -0.05) is 18.7 Å². The van der Waals surface area contributed by atoms with Crippen LogP contribution in [0.2, 0.25) is 0 Å². The standard InChI is InChI=1S/C19H10F3N5/c1-23-17-10-25-16-8-7-12(11-27(16)17)13-4-3-9-24-18(13)14-5-2-6-15(26-14)19(20,21)22/h2-11H. The third-order valence-electron chi connectivity index (χ3n) is 4.00. The second-order valence-electron chi connectivity index (χ2n) is 5.68. The Morgan fingerprint density at radius 2 is 1.85 bits per heavy atom. The number of nitrogens with zero attached hydrogens (tertiary/aromatic N) is 5. The average molecular weight is 365 g/mol. The van der Waals surface area contributed by atoms with Crippen molar-refractivity contribution in [3.05, 3.63) is 78.2 Å². The number of fused-ring (bicyclic) bond motifs is 1. The molecule has 0 aromatic carbocycles. The number of imidazole rings is 1. The van der Waals surface area contributed by atoms with Crippen molar-refractivity contribution in [1.29, 1.82) is 0 Å². The molecular weight excluding hydrogens is 355 g/mol. The zero-order valence-electron chi connectivity index (χ0n) is 13.6. The molecule has 0 N–H and O–H groups in total. The molecule has 0 amide bonds. The van der Waals surface area contributed by atoms with Crippen molar-refractivity contribution in [2.75, 3.05) is 0 Å². The summed E-state index contributed by atoms with van der Waals surface area (Å²) in [5.74, 6) is 0.342. The van der Waals surface area contributed by atoms with Crippen LogP contribution in [0.15, 0.2) is 61.1 Å². The maximum atomic E-state index is 13.0. The number of rotatable bonds is 2. The Morgan fingerprint density at radius 1 is 1.00 bits per heavy atom. The lowest BCUT2D eigenvalue weighted by molar-refractivity contribution is -0.141. The molecule has 4 rings (SSSR count). The molecule has 0 spiro atoms. The molecule has 0 saturated carbocycles. The Morgan fingerprint density at radius 3 is 2.63 bits per heavy atom. The van der Waals surface area contributed by atoms with Gasteiger partial charge in [-0.25, -0.2) is 14.4 Å². The summed E-state index contributed by atoms with van der Waals surface area (Å²) in [5.41, 5.74) is 1.37. The predicted octanol–water partition coefficient (Wildman–Crippen LogP) is 5.03. The van der Waals surface area contributed by atoms with Crippen LogP contribution in [0.25, 0.3) is 33.0 Å². The topological polar surface area (TPSA) is 47.4 Å². The minimum absolute atomic E-state index is 0.122. The van der Waals surface area contributed by atoms with Gasteiger partial charge in [-0.3, -0.25) is 4.98 Å². The number of hydrogen-bond donors (Lipinski definition) is 0. The van der Waals surface area contributed by atoms with Gasteiger partial charge in [-0.05, 0) is 24.3 Å². The predicted molar refractivity (Wildman–Crippen MR) is 92.9 cm³/mol. The lowest BCUT2D eigenvalue weighted by Crippen LogP contribution is -2.08. The summed E-state index contributed by atoms with van der Waals surface area (Å²) >= 11 is 0. The normalized spacial score (nSPS) is 11.5. The number of alkyl halides is 3. The van der Waals surface area contributed by atoms with Crippen molar-refractivity contribution >= 4 is 11.5 Å². The first kappa shape index (κ1) is 16.7. The Hall–Kier alpha value is -3.73. The van der Waals surface area contributed by atoms with Crippen molar-refractivity contribution in [2.24, 2.45) is 0 Å². The van der Waals surface area contributed by atoms with Crippen molar-refractivity contribution in [2.45, 2.75) is 6.18 Å². The van der Waals surface area contributed by atoms with Gasteiger partial charge >= 0.3 is 6.18 Å². The van der Waals surface area contributed by atoms with E-state index in [0.29, 0.717) is 28.3 Å². The first-order valence-electron chi connectivity index (χ1n) is 7.82. The van der Waals surface area contributed by atoms with E-state index in [1.807, 2.05) is 0 Å². The van der Waals surface area contributed by atoms with Crippen LogP contribution in [0.1, 0.15) is 5.69 Å². The molecule has 27 heavy (non-hydrogen) atoms. The Kier molecular flexibility index (Phi) is 3.85. The van der Waals surface area contributed by atoms with Gasteiger partial charge in [0.1, 0.15) is 5.69 Å². The maximum Gasteiger partial charge on any atom is 0.433 e. The number of pyridine rings is 3. The Bertz CT molecular complexity index is 1190. The summed E-state index contributed by atoms with van der Waals surface area (Å²) in [6.45, 7) is 7.21. The van der Waals surface area contributed by atoms with E-state index in [1.54, 1.807) is 34.9 Å². The Labute approximate surface area is 151 Å². The molecule has 5 nitrogen and oxygen atoms in total. The van der Waals surface area contributed by atoms with Gasteiger partial charge in [0.15, 0.2) is 0 Å². The summed E-state index contributed by atoms with van der Waals surface area (Å²) < 4.78 is 40.6. The first-order valence-corrected chi connectivity index (χ1v) is 7.82. The summed E-state index contributed by atoms with van der Waals surface area (Å²) in [5, 5.41) is 0. The smallest absolute Gasteiger partial charge is 0.362 e. The monoisotopic (exact) mass is 365 g/mol. The highest BCUT2D eigenvalue weighted by Gasteiger charge is 2.32. The van der Waals surface area contributed by atoms with Crippen LogP contribution in [0.3, 0.4) is 0 Å². The number of aromatic nitrogens is 4. The third kappa shape index (κ3) is 3.00. The molecular formula is C19H10F3N5. The lowest BCUT2D eigenvalue weighted by Gasteiger charge is -2.10. The van der Waals surface area contributed by atoms with Crippen LogP contribution in [-0.4, -0.2) is 19.4 Å². The Balaban J connectivity index is 1.89. The van der Waals surface area contributed by atoms with E-state index < -0.39 is 11.9 Å². The highest BCUT2D eigenvalue weighted by atomic mass is 19.4. The molecule has 0 bridgehead atoms. The SMILES string of the molecule is [C-]#[N+]c1cnc2ccc(-c3cccnc3-c3cccc(C(F)(F)F)n3)cn12. The molecule has 8 heteroatoms. The van der Waals surface area contributed by atoms with Crippen molar-refractivity contribution in [3.63, 3.8) is 0 Å². The van der Waals surface area contributed by atoms with Crippen LogP contribution in [-0.2, 0) is 6.18 Å². The van der Waals surface area contributed by atoms with Crippen LogP contribution in [0.4, 0.5) is 19.0 Å². The molecule has 4 aromatic heterocycles. The van der Waals surface area contributed by atoms with Crippen LogP contribution in [0, 0.1) is 6.57 Å². The van der Waals surface area contributed by atoms with Crippen LogP contribution < -0.4 is 0 Å². The summed E-state index contributed by atoms with van der Waals surface area (Å²) in [6.07, 6.45) is 0.140. The van der Waals surface area contributed by atoms with Gasteiger partial charge in [0, 0.05) is 23.4 Å². The third-order valence-corrected chi connectivity index (χ3v) is 4.00. The maximum absolute atomic E-state index is 13.0. The molecule has 0 saturated heterocycles. The van der Waals surface area contributed by atoms with E-state index in [0.717, 1.165) is 6.07 Å². The number of halogens is 3. The molecule has 0 atom stereocenters. The molecule has 0 radical (unpaired) electrons. The van der Waals surface area contributed by atoms with Gasteiger partial charge in [-0.2, -0.15) is 13.2 Å². The van der Waals surface area contributed by atoms with Crippen LogP contribution >= 0.6 is 0 Å². The molecule has 0 aliphatic rings. The molecule has 4 aromatic rings. The van der Waals surface area contributed by atoms with E-state index in [1.165, 1.54) is 24.5 Å². The molecule has 0 aliphatic carbocycles. The molecule has 4 heterocycles. The van der Waals surface area contributed by atoms with E-state index in [9.17, 15) is 13.2 Å². The lowest BCUT2D eigenvalue weighted by atomic mass is 10.0. The fourth-order valence-corrected chi connectivity index (χ4v) is 2.78. The van der Waals surface area contributed by atoms with Gasteiger partial charge in [0.25, 0.3) is 5.82 Å². The number of hydrogen-bond acceptors (Lipinski definition) is 3. The van der Waals surface area contributed by atoms with Gasteiger partial charge in [0.05, 0.1) is 23.8 Å². The summed E-state index contributed by atoms with van der Waals surface area (Å²) in [7, 11) is 0. The first-order chi connectivity index (χ1) is 13.0. The average Bonchev–Trinajstić information content (AvgIpc) is 3.10. The quantitative estimate of drug-likeness (QED) is 0.468. The second-order valence-corrected chi connectivity index (χ2v) is 5.68. The molecule has 0 unspecified atom stereocenters. The summed E-state index contributed by atoms with van der Waals surface area (Å²) in [6, 6.07) is 10.7. The fraction of sp³-hybridized carbons (Fsp3) is 0.0526. The van der Waals surface area contributed by atoms with Gasteiger partial charge in [0.2, 0.25) is 5.65 Å². The van der Waals surface area contributed by atoms with E-state index in [2.05, 4.69) is 19.8 Å². The zero-order valence-corrected chi connectivity index (χ0v) is 13.6. The van der Waals surface area contributed by atoms with Crippen LogP contribution in [0.5, 0.6) is 0 Å². The van der Waals surface area contributed by atoms with Crippen molar-refractivity contribution in [3.8, 4) is 22.5 Å². The molecule has 132 valence electrons. The van der Waals surface area contributed by atoms with E-state index >= 15 is 0 Å². The summed E-state index contributed by atoms with van der Waals surface area (Å²) in [4.78, 5) is 15.5. The molecule has 0 fully saturated rings. The fourth-order valence-electron chi connectivity index (χ4n) is 2.78. The largest absolute Gasteiger partial charge is 0.433 e. The second kappa shape index (κ2) is 6.21.